The quantitative estimate of drug-likeness (QED) is 0.182. The topological polar surface area (TPSA) is 104 Å². The zero-order valence-corrected chi connectivity index (χ0v) is 18.9. The van der Waals surface area contributed by atoms with E-state index in [0.717, 1.165) is 0 Å². The first-order valence-electron chi connectivity index (χ1n) is 8.60. The van der Waals surface area contributed by atoms with Crippen molar-refractivity contribution in [3.63, 3.8) is 0 Å². The summed E-state index contributed by atoms with van der Waals surface area (Å²) in [4.78, 5) is 44.4. The van der Waals surface area contributed by atoms with Crippen molar-refractivity contribution < 1.29 is 70.6 Å². The Morgan fingerprint density at radius 1 is 0.800 bits per heavy atom. The Kier molecular flexibility index (Phi) is 19.9. The molecule has 0 fully saturated rings. The van der Waals surface area contributed by atoms with Crippen LogP contribution in [0.2, 0.25) is 0 Å². The van der Waals surface area contributed by atoms with Crippen LogP contribution in [-0.4, -0.2) is 43.6 Å². The molecule has 0 aromatic heterocycles. The molecular formula is C17H30KN3O4. The number of nitrogens with one attached hydrogen (secondary N) is 3. The van der Waals surface area contributed by atoms with Gasteiger partial charge in [-0.3, -0.25) is 20.7 Å². The first-order valence-corrected chi connectivity index (χ1v) is 8.60. The van der Waals surface area contributed by atoms with Gasteiger partial charge in [-0.25, -0.2) is 0 Å². The van der Waals surface area contributed by atoms with Crippen molar-refractivity contribution in [2.45, 2.75) is 58.8 Å². The molecule has 0 unspecified atom stereocenters. The molecule has 25 heavy (non-hydrogen) atoms. The average molecular weight is 380 g/mol. The van der Waals surface area contributed by atoms with Crippen LogP contribution >= 0.6 is 0 Å². The fraction of sp³-hybridized carbons (Fsp3) is 0.765. The van der Waals surface area contributed by atoms with Crippen LogP contribution < -0.4 is 67.3 Å². The summed E-state index contributed by atoms with van der Waals surface area (Å²) in [5, 5.41) is 8.29. The van der Waals surface area contributed by atoms with Crippen LogP contribution in [0.4, 0.5) is 0 Å². The van der Waals surface area contributed by atoms with Crippen molar-refractivity contribution in [3.8, 4) is 0 Å². The molecule has 7 nitrogen and oxygen atoms in total. The van der Waals surface area contributed by atoms with Crippen LogP contribution in [-0.2, 0) is 19.2 Å². The van der Waals surface area contributed by atoms with Crippen LogP contribution in [0.1, 0.15) is 58.8 Å². The summed E-state index contributed by atoms with van der Waals surface area (Å²) in [7, 11) is 0. The molecule has 0 aliphatic carbocycles. The number of amides is 3. The molecule has 0 aromatic carbocycles. The molecule has 138 valence electrons. The molecule has 0 aliphatic rings. The maximum atomic E-state index is 11.6. The second-order valence-electron chi connectivity index (χ2n) is 6.10. The molecule has 3 amide bonds. The van der Waals surface area contributed by atoms with E-state index in [4.69, 9.17) is 0 Å². The fourth-order valence-electron chi connectivity index (χ4n) is 1.86. The molecular weight excluding hydrogens is 349 g/mol. The van der Waals surface area contributed by atoms with Gasteiger partial charge in [-0.1, -0.05) is 20.3 Å². The minimum atomic E-state index is -0.113. The van der Waals surface area contributed by atoms with Gasteiger partial charge in [-0.15, -0.1) is 0 Å². The second-order valence-corrected chi connectivity index (χ2v) is 6.10. The third-order valence-electron chi connectivity index (χ3n) is 3.20. The van der Waals surface area contributed by atoms with Crippen molar-refractivity contribution in [2.24, 2.45) is 5.92 Å². The van der Waals surface area contributed by atoms with Gasteiger partial charge in [0.25, 0.3) is 0 Å². The summed E-state index contributed by atoms with van der Waals surface area (Å²) in [6.45, 7) is 5.65. The Morgan fingerprint density at radius 3 is 1.68 bits per heavy atom. The van der Waals surface area contributed by atoms with Gasteiger partial charge in [-0.05, 0) is 18.8 Å². The van der Waals surface area contributed by atoms with Crippen LogP contribution in [0.5, 0.6) is 0 Å². The molecule has 0 bridgehead atoms. The normalized spacial score (nSPS) is 9.88. The summed E-state index contributed by atoms with van der Waals surface area (Å²) >= 11 is 0. The van der Waals surface area contributed by atoms with E-state index in [-0.39, 0.29) is 75.5 Å². The van der Waals surface area contributed by atoms with Crippen LogP contribution in [0.25, 0.3) is 0 Å². The maximum absolute atomic E-state index is 11.6. The number of hydrogen-bond donors (Lipinski definition) is 3. The zero-order valence-electron chi connectivity index (χ0n) is 15.8. The van der Waals surface area contributed by atoms with E-state index < -0.39 is 0 Å². The van der Waals surface area contributed by atoms with Gasteiger partial charge in [0, 0.05) is 38.9 Å². The van der Waals surface area contributed by atoms with E-state index in [0.29, 0.717) is 64.1 Å². The Balaban J connectivity index is 0. The summed E-state index contributed by atoms with van der Waals surface area (Å²) in [5.74, 6) is 0.241. The Morgan fingerprint density at radius 2 is 1.24 bits per heavy atom. The molecule has 0 saturated heterocycles. The molecule has 0 rings (SSSR count). The molecule has 0 aliphatic heterocycles. The Bertz CT molecular complexity index is 403. The standard InChI is InChI=1S/C17H30N3O4.K/c1-14(2)13-20-17(24)9-6-11-19-16(23)8-5-10-18-15(22)7-3-4-12-21;/h14H,3-11,13H2,1-2H3,(H,18,22)(H,19,23)(H,20,24);/q-1;+1. The SMILES string of the molecule is CC(C)CNC(=O)CCCNC(=O)CCCNC(=O)CCC[C-]=O.[K+]. The fourth-order valence-corrected chi connectivity index (χ4v) is 1.86. The molecule has 8 heteroatoms. The van der Waals surface area contributed by atoms with Crippen molar-refractivity contribution >= 4 is 24.0 Å². The third kappa shape index (κ3) is 19.9. The maximum Gasteiger partial charge on any atom is 1.00 e. The van der Waals surface area contributed by atoms with E-state index in [2.05, 4.69) is 16.0 Å². The van der Waals surface area contributed by atoms with Gasteiger partial charge in [0.1, 0.15) is 0 Å². The molecule has 0 radical (unpaired) electrons. The second kappa shape index (κ2) is 18.5. The number of carbonyl (C=O) groups is 3. The van der Waals surface area contributed by atoms with E-state index in [1.807, 2.05) is 13.8 Å². The third-order valence-corrected chi connectivity index (χ3v) is 3.20. The van der Waals surface area contributed by atoms with E-state index >= 15 is 0 Å². The minimum Gasteiger partial charge on any atom is -0.542 e. The summed E-state index contributed by atoms with van der Waals surface area (Å²) in [6.07, 6.45) is 4.73. The van der Waals surface area contributed by atoms with Gasteiger partial charge in [0.05, 0.1) is 0 Å². The van der Waals surface area contributed by atoms with Crippen LogP contribution in [0.3, 0.4) is 0 Å². The van der Waals surface area contributed by atoms with E-state index in [1.54, 1.807) is 6.29 Å². The van der Waals surface area contributed by atoms with Crippen molar-refractivity contribution in [3.05, 3.63) is 0 Å². The molecule has 0 spiro atoms. The van der Waals surface area contributed by atoms with Crippen LogP contribution in [0, 0.1) is 5.92 Å². The van der Waals surface area contributed by atoms with Gasteiger partial charge in [0.2, 0.25) is 17.7 Å². The molecule has 0 saturated carbocycles. The minimum absolute atomic E-state index is 0. The smallest absolute Gasteiger partial charge is 0.542 e. The number of hydrogen-bond acceptors (Lipinski definition) is 4. The molecule has 3 N–H and O–H groups in total. The summed E-state index contributed by atoms with van der Waals surface area (Å²) < 4.78 is 0. The van der Waals surface area contributed by atoms with E-state index in [1.165, 1.54) is 0 Å². The first kappa shape index (κ1) is 26.9. The van der Waals surface area contributed by atoms with Crippen molar-refractivity contribution in [2.75, 3.05) is 19.6 Å². The number of unbranched alkanes of at least 4 members (excludes halogenated alkanes) is 1. The predicted octanol–water partition coefficient (Wildman–Crippen LogP) is -2.16. The van der Waals surface area contributed by atoms with Crippen molar-refractivity contribution in [1.82, 2.24) is 16.0 Å². The summed E-state index contributed by atoms with van der Waals surface area (Å²) in [6, 6.07) is 0. The van der Waals surface area contributed by atoms with E-state index in [9.17, 15) is 19.2 Å². The summed E-state index contributed by atoms with van der Waals surface area (Å²) in [5.41, 5.74) is 0. The largest absolute Gasteiger partial charge is 1.00 e. The van der Waals surface area contributed by atoms with Gasteiger partial charge in [-0.2, -0.15) is 6.42 Å². The van der Waals surface area contributed by atoms with Gasteiger partial charge < -0.3 is 20.7 Å². The predicted molar refractivity (Wildman–Crippen MR) is 91.9 cm³/mol. The van der Waals surface area contributed by atoms with Crippen molar-refractivity contribution in [1.29, 1.82) is 0 Å². The molecule has 0 atom stereocenters. The number of rotatable bonds is 14. The number of carbonyl (C=O) groups excluding carboxylic acids is 4. The van der Waals surface area contributed by atoms with Crippen LogP contribution in [0.15, 0.2) is 0 Å². The van der Waals surface area contributed by atoms with Gasteiger partial charge in [0.15, 0.2) is 0 Å². The average Bonchev–Trinajstić information content (AvgIpc) is 2.54. The Hall–Kier alpha value is -0.284. The first-order chi connectivity index (χ1) is 11.5. The zero-order chi connectivity index (χ0) is 18.2. The monoisotopic (exact) mass is 379 g/mol. The van der Waals surface area contributed by atoms with Gasteiger partial charge >= 0.3 is 51.4 Å². The molecule has 0 aromatic rings. The Labute approximate surface area is 193 Å². The molecule has 0 heterocycles.